The van der Waals surface area contributed by atoms with Gasteiger partial charge in [-0.1, -0.05) is 6.08 Å². The third-order valence-electron chi connectivity index (χ3n) is 1.69. The molecule has 0 N–H and O–H groups in total. The predicted octanol–water partition coefficient (Wildman–Crippen LogP) is 0.621. The largest absolute Gasteiger partial charge is 0.377 e. The standard InChI is InChI=1S/C10H18O4/c1-2-3-11-4-5-12-6-7-13-8-10-9-14-10/h2,10H,1,3-9H2. The maximum atomic E-state index is 5.28. The van der Waals surface area contributed by atoms with Gasteiger partial charge in [-0.15, -0.1) is 6.58 Å². The van der Waals surface area contributed by atoms with Crippen LogP contribution in [0.4, 0.5) is 0 Å². The van der Waals surface area contributed by atoms with E-state index in [1.54, 1.807) is 6.08 Å². The second-order valence-electron chi connectivity index (χ2n) is 3.01. The van der Waals surface area contributed by atoms with Gasteiger partial charge in [0.15, 0.2) is 0 Å². The van der Waals surface area contributed by atoms with Crippen LogP contribution in [0.2, 0.25) is 0 Å². The van der Waals surface area contributed by atoms with Crippen molar-refractivity contribution >= 4 is 0 Å². The molecule has 1 heterocycles. The van der Waals surface area contributed by atoms with E-state index in [2.05, 4.69) is 6.58 Å². The number of rotatable bonds is 10. The molecule has 1 atom stereocenters. The van der Waals surface area contributed by atoms with Crippen LogP contribution in [0, 0.1) is 0 Å². The topological polar surface area (TPSA) is 40.2 Å². The van der Waals surface area contributed by atoms with E-state index < -0.39 is 0 Å². The molecule has 1 fully saturated rings. The molecular weight excluding hydrogens is 184 g/mol. The zero-order valence-electron chi connectivity index (χ0n) is 8.44. The van der Waals surface area contributed by atoms with E-state index in [-0.39, 0.29) is 0 Å². The molecule has 14 heavy (non-hydrogen) atoms. The summed E-state index contributed by atoms with van der Waals surface area (Å²) in [6.07, 6.45) is 2.06. The lowest BCUT2D eigenvalue weighted by Crippen LogP contribution is -2.11. The average Bonchev–Trinajstić information content (AvgIpc) is 2.99. The fraction of sp³-hybridized carbons (Fsp3) is 0.800. The van der Waals surface area contributed by atoms with Crippen molar-refractivity contribution in [3.05, 3.63) is 12.7 Å². The molecule has 0 radical (unpaired) electrons. The summed E-state index contributed by atoms with van der Waals surface area (Å²) in [5.74, 6) is 0. The molecule has 0 bridgehead atoms. The Balaban J connectivity index is 1.64. The van der Waals surface area contributed by atoms with Crippen LogP contribution in [0.15, 0.2) is 12.7 Å². The van der Waals surface area contributed by atoms with Gasteiger partial charge in [0.2, 0.25) is 0 Å². The van der Waals surface area contributed by atoms with Crippen LogP contribution in [0.25, 0.3) is 0 Å². The van der Waals surface area contributed by atoms with Crippen molar-refractivity contribution in [3.63, 3.8) is 0 Å². The van der Waals surface area contributed by atoms with Crippen LogP contribution >= 0.6 is 0 Å². The highest BCUT2D eigenvalue weighted by molar-refractivity contribution is 4.66. The molecule has 0 amide bonds. The second-order valence-corrected chi connectivity index (χ2v) is 3.01. The highest BCUT2D eigenvalue weighted by atomic mass is 16.6. The SMILES string of the molecule is C=CCOCCOCCOCC1CO1. The number of hydrogen-bond acceptors (Lipinski definition) is 4. The summed E-state index contributed by atoms with van der Waals surface area (Å²) in [5.41, 5.74) is 0. The minimum atomic E-state index is 0.339. The first-order valence-electron chi connectivity index (χ1n) is 4.89. The fourth-order valence-corrected chi connectivity index (χ4v) is 0.883. The lowest BCUT2D eigenvalue weighted by molar-refractivity contribution is 0.0164. The smallest absolute Gasteiger partial charge is 0.104 e. The van der Waals surface area contributed by atoms with Gasteiger partial charge in [0.05, 0.1) is 46.2 Å². The highest BCUT2D eigenvalue weighted by Crippen LogP contribution is 2.07. The number of ether oxygens (including phenoxy) is 4. The lowest BCUT2D eigenvalue weighted by Gasteiger charge is -2.04. The van der Waals surface area contributed by atoms with Crippen molar-refractivity contribution in [2.75, 3.05) is 46.2 Å². The highest BCUT2D eigenvalue weighted by Gasteiger charge is 2.21. The second kappa shape index (κ2) is 7.94. The van der Waals surface area contributed by atoms with Crippen molar-refractivity contribution in [2.24, 2.45) is 0 Å². The zero-order chi connectivity index (χ0) is 10.1. The molecular formula is C10H18O4. The Morgan fingerprint density at radius 2 is 1.79 bits per heavy atom. The monoisotopic (exact) mass is 202 g/mol. The van der Waals surface area contributed by atoms with E-state index >= 15 is 0 Å². The number of epoxide rings is 1. The van der Waals surface area contributed by atoms with Crippen molar-refractivity contribution in [3.8, 4) is 0 Å². The summed E-state index contributed by atoms with van der Waals surface area (Å²) in [6.45, 7) is 8.12. The molecule has 4 heteroatoms. The Kier molecular flexibility index (Phi) is 6.61. The number of hydrogen-bond donors (Lipinski definition) is 0. The van der Waals surface area contributed by atoms with Crippen molar-refractivity contribution in [2.45, 2.75) is 6.10 Å². The first-order chi connectivity index (χ1) is 6.93. The van der Waals surface area contributed by atoms with E-state index in [4.69, 9.17) is 18.9 Å². The average molecular weight is 202 g/mol. The molecule has 0 aromatic rings. The molecule has 0 aromatic heterocycles. The van der Waals surface area contributed by atoms with Gasteiger partial charge in [-0.25, -0.2) is 0 Å². The van der Waals surface area contributed by atoms with Crippen LogP contribution in [0.5, 0.6) is 0 Å². The molecule has 0 aliphatic carbocycles. The molecule has 0 saturated carbocycles. The van der Waals surface area contributed by atoms with Gasteiger partial charge in [-0.05, 0) is 0 Å². The van der Waals surface area contributed by atoms with Gasteiger partial charge in [0.1, 0.15) is 6.10 Å². The molecule has 1 aliphatic heterocycles. The summed E-state index contributed by atoms with van der Waals surface area (Å²) in [4.78, 5) is 0. The Hall–Kier alpha value is -0.420. The van der Waals surface area contributed by atoms with Crippen LogP contribution in [-0.2, 0) is 18.9 Å². The van der Waals surface area contributed by atoms with Crippen LogP contribution in [0.1, 0.15) is 0 Å². The maximum Gasteiger partial charge on any atom is 0.104 e. The molecule has 1 saturated heterocycles. The molecule has 1 unspecified atom stereocenters. The molecule has 1 aliphatic rings. The van der Waals surface area contributed by atoms with Crippen molar-refractivity contribution in [1.82, 2.24) is 0 Å². The van der Waals surface area contributed by atoms with Crippen LogP contribution in [0.3, 0.4) is 0 Å². The summed E-state index contributed by atoms with van der Waals surface area (Å²) in [6, 6.07) is 0. The first-order valence-corrected chi connectivity index (χ1v) is 4.89. The molecule has 4 nitrogen and oxygen atoms in total. The van der Waals surface area contributed by atoms with Gasteiger partial charge < -0.3 is 18.9 Å². The quantitative estimate of drug-likeness (QED) is 0.296. The Morgan fingerprint density at radius 3 is 2.43 bits per heavy atom. The maximum absolute atomic E-state index is 5.28. The van der Waals surface area contributed by atoms with Crippen molar-refractivity contribution in [1.29, 1.82) is 0 Å². The Bertz CT molecular complexity index is 145. The van der Waals surface area contributed by atoms with Crippen molar-refractivity contribution < 1.29 is 18.9 Å². The van der Waals surface area contributed by atoms with E-state index in [1.165, 1.54) is 0 Å². The Labute approximate surface area is 84.8 Å². The third kappa shape index (κ3) is 7.03. The minimum Gasteiger partial charge on any atom is -0.377 e. The van der Waals surface area contributed by atoms with Crippen LogP contribution in [-0.4, -0.2) is 52.4 Å². The predicted molar refractivity (Wildman–Crippen MR) is 52.4 cm³/mol. The Morgan fingerprint density at radius 1 is 1.14 bits per heavy atom. The normalized spacial score (nSPS) is 19.6. The first kappa shape index (κ1) is 11.7. The molecule has 82 valence electrons. The van der Waals surface area contributed by atoms with Gasteiger partial charge in [-0.2, -0.15) is 0 Å². The summed E-state index contributed by atoms with van der Waals surface area (Å²) in [5, 5.41) is 0. The van der Waals surface area contributed by atoms with E-state index in [9.17, 15) is 0 Å². The third-order valence-corrected chi connectivity index (χ3v) is 1.69. The van der Waals surface area contributed by atoms with E-state index in [1.807, 2.05) is 0 Å². The molecule has 0 aromatic carbocycles. The van der Waals surface area contributed by atoms with Gasteiger partial charge in [0.25, 0.3) is 0 Å². The van der Waals surface area contributed by atoms with Gasteiger partial charge in [-0.3, -0.25) is 0 Å². The molecule has 1 rings (SSSR count). The minimum absolute atomic E-state index is 0.339. The zero-order valence-corrected chi connectivity index (χ0v) is 8.44. The van der Waals surface area contributed by atoms with E-state index in [0.717, 1.165) is 6.61 Å². The summed E-state index contributed by atoms with van der Waals surface area (Å²) < 4.78 is 20.7. The van der Waals surface area contributed by atoms with Crippen LogP contribution < -0.4 is 0 Å². The fourth-order valence-electron chi connectivity index (χ4n) is 0.883. The summed E-state index contributed by atoms with van der Waals surface area (Å²) >= 11 is 0. The summed E-state index contributed by atoms with van der Waals surface area (Å²) in [7, 11) is 0. The lowest BCUT2D eigenvalue weighted by atomic mass is 10.5. The van der Waals surface area contributed by atoms with Gasteiger partial charge >= 0.3 is 0 Å². The molecule has 0 spiro atoms. The van der Waals surface area contributed by atoms with Gasteiger partial charge in [0, 0.05) is 0 Å². The van der Waals surface area contributed by atoms with E-state index in [0.29, 0.717) is 45.7 Å².